The van der Waals surface area contributed by atoms with Crippen LogP contribution in [0.5, 0.6) is 0 Å². The summed E-state index contributed by atoms with van der Waals surface area (Å²) in [4.78, 5) is 10.4. The Kier molecular flexibility index (Phi) is 17.8. The lowest BCUT2D eigenvalue weighted by molar-refractivity contribution is 0.130. The average Bonchev–Trinajstić information content (AvgIpc) is 2.68. The molecule has 164 valence electrons. The fourth-order valence-electron chi connectivity index (χ4n) is 3.87. The highest BCUT2D eigenvalue weighted by atomic mass is 15.3. The van der Waals surface area contributed by atoms with Crippen molar-refractivity contribution in [2.75, 3.05) is 78.5 Å². The molecule has 2 saturated heterocycles. The summed E-state index contributed by atoms with van der Waals surface area (Å²) in [6.07, 6.45) is 8.00. The zero-order valence-electron chi connectivity index (χ0n) is 18.5. The van der Waals surface area contributed by atoms with Gasteiger partial charge in [-0.2, -0.15) is 0 Å². The third-order valence-corrected chi connectivity index (χ3v) is 5.67. The summed E-state index contributed by atoms with van der Waals surface area (Å²) in [6, 6.07) is 0. The summed E-state index contributed by atoms with van der Waals surface area (Å²) >= 11 is 0. The van der Waals surface area contributed by atoms with Gasteiger partial charge in [0.15, 0.2) is 0 Å². The number of hydrogen-bond acceptors (Lipinski definition) is 4. The van der Waals surface area contributed by atoms with E-state index in [1.54, 1.807) is 0 Å². The maximum atomic E-state index is 2.62. The highest BCUT2D eigenvalue weighted by Gasteiger charge is 2.15. The molecule has 0 aliphatic carbocycles. The summed E-state index contributed by atoms with van der Waals surface area (Å²) in [6.45, 7) is 24.6. The van der Waals surface area contributed by atoms with Crippen LogP contribution in [0.4, 0.5) is 0 Å². The minimum atomic E-state index is 0. The van der Waals surface area contributed by atoms with Gasteiger partial charge in [0.25, 0.3) is 0 Å². The van der Waals surface area contributed by atoms with Crippen molar-refractivity contribution in [2.45, 2.75) is 73.6 Å². The third kappa shape index (κ3) is 12.8. The van der Waals surface area contributed by atoms with E-state index in [2.05, 4.69) is 47.3 Å². The van der Waals surface area contributed by atoms with Crippen molar-refractivity contribution in [3.8, 4) is 0 Å². The minimum absolute atomic E-state index is 0. The van der Waals surface area contributed by atoms with Crippen molar-refractivity contribution >= 4 is 0 Å². The van der Waals surface area contributed by atoms with Crippen molar-refractivity contribution in [1.29, 1.82) is 0 Å². The molecule has 2 rings (SSSR count). The van der Waals surface area contributed by atoms with Crippen LogP contribution in [0.15, 0.2) is 0 Å². The molecule has 0 radical (unpaired) electrons. The van der Waals surface area contributed by atoms with Crippen LogP contribution in [-0.4, -0.2) is 98.1 Å². The first-order valence-corrected chi connectivity index (χ1v) is 11.6. The van der Waals surface area contributed by atoms with E-state index < -0.39 is 0 Å². The SMILES string of the molecule is C.CCCCN1CCN(CCCC)CC1.CCCN1CCN(CCC)CC1. The van der Waals surface area contributed by atoms with Gasteiger partial charge in [0, 0.05) is 52.4 Å². The van der Waals surface area contributed by atoms with Crippen molar-refractivity contribution in [1.82, 2.24) is 19.6 Å². The zero-order chi connectivity index (χ0) is 19.0. The van der Waals surface area contributed by atoms with Gasteiger partial charge >= 0.3 is 0 Å². The molecule has 0 saturated carbocycles. The molecule has 0 atom stereocenters. The van der Waals surface area contributed by atoms with Gasteiger partial charge in [-0.1, -0.05) is 48.0 Å². The van der Waals surface area contributed by atoms with Crippen LogP contribution in [0.25, 0.3) is 0 Å². The molecule has 2 heterocycles. The van der Waals surface area contributed by atoms with Gasteiger partial charge in [-0.25, -0.2) is 0 Å². The van der Waals surface area contributed by atoms with Crippen LogP contribution in [0.2, 0.25) is 0 Å². The van der Waals surface area contributed by atoms with Gasteiger partial charge in [-0.15, -0.1) is 0 Å². The van der Waals surface area contributed by atoms with Crippen molar-refractivity contribution in [3.63, 3.8) is 0 Å². The molecule has 2 aliphatic heterocycles. The lowest BCUT2D eigenvalue weighted by Crippen LogP contribution is -2.46. The van der Waals surface area contributed by atoms with E-state index >= 15 is 0 Å². The molecule has 2 fully saturated rings. The number of nitrogens with zero attached hydrogens (tertiary/aromatic N) is 4. The molecule has 0 spiro atoms. The Bertz CT molecular complexity index is 265. The topological polar surface area (TPSA) is 13.0 Å². The Labute approximate surface area is 172 Å². The molecular formula is C23H52N4. The van der Waals surface area contributed by atoms with Gasteiger partial charge in [-0.05, 0) is 51.9 Å². The minimum Gasteiger partial charge on any atom is -0.301 e. The van der Waals surface area contributed by atoms with Crippen molar-refractivity contribution in [3.05, 3.63) is 0 Å². The maximum absolute atomic E-state index is 2.62. The monoisotopic (exact) mass is 384 g/mol. The number of rotatable bonds is 10. The van der Waals surface area contributed by atoms with Gasteiger partial charge in [-0.3, -0.25) is 0 Å². The lowest BCUT2D eigenvalue weighted by Gasteiger charge is -2.34. The van der Waals surface area contributed by atoms with Crippen LogP contribution in [0.1, 0.15) is 73.6 Å². The molecule has 2 aliphatic rings. The predicted octanol–water partition coefficient (Wildman–Crippen LogP) is 4.26. The normalized spacial score (nSPS) is 20.0. The van der Waals surface area contributed by atoms with Crippen LogP contribution >= 0.6 is 0 Å². The molecule has 27 heavy (non-hydrogen) atoms. The Hall–Kier alpha value is -0.160. The van der Waals surface area contributed by atoms with E-state index in [9.17, 15) is 0 Å². The van der Waals surface area contributed by atoms with Gasteiger partial charge in [0.1, 0.15) is 0 Å². The van der Waals surface area contributed by atoms with E-state index in [0.29, 0.717) is 0 Å². The van der Waals surface area contributed by atoms with Crippen molar-refractivity contribution in [2.24, 2.45) is 0 Å². The quantitative estimate of drug-likeness (QED) is 0.558. The van der Waals surface area contributed by atoms with Crippen molar-refractivity contribution < 1.29 is 0 Å². The fourth-order valence-corrected chi connectivity index (χ4v) is 3.87. The second-order valence-electron chi connectivity index (χ2n) is 8.07. The fraction of sp³-hybridized carbons (Fsp3) is 1.00. The Balaban J connectivity index is 0.000000488. The number of hydrogen-bond donors (Lipinski definition) is 0. The van der Waals surface area contributed by atoms with E-state index in [1.165, 1.54) is 117 Å². The zero-order valence-corrected chi connectivity index (χ0v) is 18.5. The molecule has 0 bridgehead atoms. The van der Waals surface area contributed by atoms with E-state index in [0.717, 1.165) is 0 Å². The average molecular weight is 385 g/mol. The molecular weight excluding hydrogens is 332 g/mol. The summed E-state index contributed by atoms with van der Waals surface area (Å²) in [5, 5.41) is 0. The first kappa shape index (κ1) is 26.8. The Morgan fingerprint density at radius 1 is 0.407 bits per heavy atom. The predicted molar refractivity (Wildman–Crippen MR) is 123 cm³/mol. The molecule has 0 amide bonds. The summed E-state index contributed by atoms with van der Waals surface area (Å²) in [5.74, 6) is 0. The Morgan fingerprint density at radius 2 is 0.667 bits per heavy atom. The maximum Gasteiger partial charge on any atom is 0.0110 e. The number of unbranched alkanes of at least 4 members (excludes halogenated alkanes) is 2. The first-order chi connectivity index (χ1) is 12.7. The second kappa shape index (κ2) is 17.9. The summed E-state index contributed by atoms with van der Waals surface area (Å²) in [5.41, 5.74) is 0. The third-order valence-electron chi connectivity index (χ3n) is 5.67. The summed E-state index contributed by atoms with van der Waals surface area (Å²) in [7, 11) is 0. The molecule has 0 unspecified atom stereocenters. The molecule has 0 aromatic heterocycles. The standard InChI is InChI=1S/C12H26N2.C10H22N2.CH4/c1-3-5-7-13-9-11-14(12-10-13)8-6-4-2;1-3-5-11-7-9-12(6-4-2)10-8-11;/h3-12H2,1-2H3;3-10H2,1-2H3;1H4. The highest BCUT2D eigenvalue weighted by molar-refractivity contribution is 4.72. The molecule has 0 aromatic carbocycles. The van der Waals surface area contributed by atoms with Gasteiger partial charge in [0.05, 0.1) is 0 Å². The molecule has 4 heteroatoms. The molecule has 0 N–H and O–H groups in total. The highest BCUT2D eigenvalue weighted by Crippen LogP contribution is 2.05. The van der Waals surface area contributed by atoms with Gasteiger partial charge in [0.2, 0.25) is 0 Å². The van der Waals surface area contributed by atoms with Crippen LogP contribution < -0.4 is 0 Å². The van der Waals surface area contributed by atoms with Crippen LogP contribution in [0, 0.1) is 0 Å². The van der Waals surface area contributed by atoms with Crippen LogP contribution in [-0.2, 0) is 0 Å². The first-order valence-electron chi connectivity index (χ1n) is 11.6. The second-order valence-corrected chi connectivity index (χ2v) is 8.07. The summed E-state index contributed by atoms with van der Waals surface area (Å²) < 4.78 is 0. The Morgan fingerprint density at radius 3 is 0.889 bits per heavy atom. The van der Waals surface area contributed by atoms with E-state index in [4.69, 9.17) is 0 Å². The smallest absolute Gasteiger partial charge is 0.0110 e. The van der Waals surface area contributed by atoms with E-state index in [1.807, 2.05) is 0 Å². The number of piperazine rings is 2. The van der Waals surface area contributed by atoms with Crippen LogP contribution in [0.3, 0.4) is 0 Å². The molecule has 0 aromatic rings. The van der Waals surface area contributed by atoms with Gasteiger partial charge < -0.3 is 19.6 Å². The lowest BCUT2D eigenvalue weighted by atomic mass is 10.2. The molecule has 4 nitrogen and oxygen atoms in total. The van der Waals surface area contributed by atoms with E-state index in [-0.39, 0.29) is 7.43 Å². The largest absolute Gasteiger partial charge is 0.301 e.